The van der Waals surface area contributed by atoms with Gasteiger partial charge in [-0.2, -0.15) is 11.3 Å². The van der Waals surface area contributed by atoms with Crippen molar-refractivity contribution in [3.63, 3.8) is 0 Å². The van der Waals surface area contributed by atoms with Gasteiger partial charge < -0.3 is 10.9 Å². The Labute approximate surface area is 142 Å². The van der Waals surface area contributed by atoms with E-state index in [4.69, 9.17) is 9.47 Å². The Morgan fingerprint density at radius 1 is 1.40 bits per heavy atom. The molecule has 0 atom stereocenters. The maximum Gasteiger partial charge on any atom is 1.00 e. The van der Waals surface area contributed by atoms with E-state index in [1.165, 1.54) is 11.6 Å². The summed E-state index contributed by atoms with van der Waals surface area (Å²) in [7, 11) is -0.303. The van der Waals surface area contributed by atoms with Crippen molar-refractivity contribution < 1.29 is 62.3 Å². The van der Waals surface area contributed by atoms with E-state index in [9.17, 15) is 0 Å². The summed E-state index contributed by atoms with van der Waals surface area (Å²) in [5.74, 6) is 0.102. The second-order valence-corrected chi connectivity index (χ2v) is 5.53. The van der Waals surface area contributed by atoms with Gasteiger partial charge in [0.25, 0.3) is 0 Å². The van der Waals surface area contributed by atoms with E-state index in [-0.39, 0.29) is 68.2 Å². The summed E-state index contributed by atoms with van der Waals surface area (Å²) in [6, 6.07) is 3.36. The van der Waals surface area contributed by atoms with Gasteiger partial charge in [-0.3, -0.25) is 0 Å². The van der Waals surface area contributed by atoms with Crippen molar-refractivity contribution in [1.29, 1.82) is 0 Å². The van der Waals surface area contributed by atoms with Crippen molar-refractivity contribution in [2.75, 3.05) is 13.2 Å². The van der Waals surface area contributed by atoms with Gasteiger partial charge in [-0.1, -0.05) is 0 Å². The molecule has 5 heteroatoms. The van der Waals surface area contributed by atoms with Crippen molar-refractivity contribution in [3.8, 4) is 0 Å². The zero-order valence-corrected chi connectivity index (χ0v) is 15.2. The SMILES string of the molecule is CCOC(OCC)[SiH2]Cc1ccsc1.[H-].[K+]. The maximum absolute atomic E-state index is 5.52. The quantitative estimate of drug-likeness (QED) is 0.462. The first-order valence-electron chi connectivity index (χ1n) is 5.11. The Bertz CT molecular complexity index is 231. The van der Waals surface area contributed by atoms with Crippen molar-refractivity contribution in [2.45, 2.75) is 25.8 Å². The van der Waals surface area contributed by atoms with Crippen LogP contribution in [-0.2, 0) is 15.5 Å². The number of rotatable bonds is 7. The average molecular weight is 271 g/mol. The summed E-state index contributed by atoms with van der Waals surface area (Å²) < 4.78 is 11.0. The summed E-state index contributed by atoms with van der Waals surface area (Å²) >= 11 is 1.76. The van der Waals surface area contributed by atoms with Gasteiger partial charge in [0.1, 0.15) is 5.91 Å². The van der Waals surface area contributed by atoms with Crippen LogP contribution in [0.1, 0.15) is 20.8 Å². The summed E-state index contributed by atoms with van der Waals surface area (Å²) in [6.45, 7) is 5.54. The van der Waals surface area contributed by atoms with Crippen LogP contribution in [0.2, 0.25) is 0 Å². The molecule has 0 saturated carbocycles. The van der Waals surface area contributed by atoms with Crippen LogP contribution in [0.25, 0.3) is 0 Å². The molecule has 0 N–H and O–H groups in total. The smallest absolute Gasteiger partial charge is 1.00 e. The third-order valence-corrected chi connectivity index (χ3v) is 4.49. The molecule has 0 amide bonds. The van der Waals surface area contributed by atoms with E-state index in [1.807, 2.05) is 13.8 Å². The number of hydrogen-bond acceptors (Lipinski definition) is 3. The molecule has 2 nitrogen and oxygen atoms in total. The van der Waals surface area contributed by atoms with Gasteiger partial charge in [0.2, 0.25) is 0 Å². The number of ether oxygens (including phenoxy) is 2. The van der Waals surface area contributed by atoms with Gasteiger partial charge in [-0.25, -0.2) is 0 Å². The monoisotopic (exact) mass is 270 g/mol. The molecule has 1 aromatic heterocycles. The Morgan fingerprint density at radius 3 is 2.53 bits per heavy atom. The molecule has 0 fully saturated rings. The van der Waals surface area contributed by atoms with Gasteiger partial charge in [0.15, 0.2) is 0 Å². The van der Waals surface area contributed by atoms with Crippen LogP contribution < -0.4 is 51.4 Å². The third-order valence-electron chi connectivity index (χ3n) is 1.95. The fourth-order valence-corrected chi connectivity index (χ4v) is 3.90. The normalized spacial score (nSPS) is 11.1. The van der Waals surface area contributed by atoms with Crippen molar-refractivity contribution >= 4 is 20.9 Å². The van der Waals surface area contributed by atoms with Crippen molar-refractivity contribution in [1.82, 2.24) is 0 Å². The molecule has 15 heavy (non-hydrogen) atoms. The molecule has 0 aromatic carbocycles. The molecule has 0 unspecified atom stereocenters. The van der Waals surface area contributed by atoms with Gasteiger partial charge in [0, 0.05) is 13.2 Å². The fraction of sp³-hybridized carbons (Fsp3) is 0.600. The Kier molecular flexibility index (Phi) is 11.7. The molecule has 1 aromatic rings. The standard InChI is InChI=1S/C10H18O2SSi.K.H/c1-3-11-10(12-4-2)14-8-9-5-6-13-7-9;;/h5-7,10H,3-4,8,14H2,1-2H3;;/q;+1;-1. The van der Waals surface area contributed by atoms with E-state index in [0.717, 1.165) is 13.2 Å². The van der Waals surface area contributed by atoms with Crippen LogP contribution in [0, 0.1) is 0 Å². The first-order valence-corrected chi connectivity index (χ1v) is 7.87. The first-order chi connectivity index (χ1) is 6.86. The Morgan fingerprint density at radius 2 is 2.07 bits per heavy atom. The topological polar surface area (TPSA) is 18.5 Å². The molecule has 0 spiro atoms. The Balaban J connectivity index is 0. The predicted molar refractivity (Wildman–Crippen MR) is 64.7 cm³/mol. The van der Waals surface area contributed by atoms with Crippen LogP contribution in [-0.4, -0.2) is 28.6 Å². The second kappa shape index (κ2) is 10.6. The molecule has 0 aliphatic carbocycles. The van der Waals surface area contributed by atoms with E-state index in [1.54, 1.807) is 11.3 Å². The second-order valence-electron chi connectivity index (χ2n) is 3.01. The van der Waals surface area contributed by atoms with Crippen LogP contribution >= 0.6 is 11.3 Å². The summed E-state index contributed by atoms with van der Waals surface area (Å²) in [6.07, 6.45) is 0. The van der Waals surface area contributed by atoms with E-state index >= 15 is 0 Å². The van der Waals surface area contributed by atoms with Gasteiger partial charge in [-0.05, 0) is 42.3 Å². The third kappa shape index (κ3) is 7.41. The molecule has 0 saturated heterocycles. The molecule has 1 heterocycles. The Hall–Kier alpha value is 1.47. The zero-order valence-electron chi connectivity index (χ0n) is 10.9. The largest absolute Gasteiger partial charge is 1.00 e. The fourth-order valence-electron chi connectivity index (χ4n) is 1.31. The molecule has 0 bridgehead atoms. The number of thiophene rings is 1. The summed E-state index contributed by atoms with van der Waals surface area (Å²) in [4.78, 5) is 0. The maximum atomic E-state index is 5.52. The molecule has 0 radical (unpaired) electrons. The zero-order chi connectivity index (χ0) is 10.2. The van der Waals surface area contributed by atoms with Gasteiger partial charge in [0.05, 0.1) is 9.52 Å². The summed E-state index contributed by atoms with van der Waals surface area (Å²) in [5.41, 5.74) is 1.44. The minimum atomic E-state index is -0.303. The average Bonchev–Trinajstić information content (AvgIpc) is 2.67. The van der Waals surface area contributed by atoms with Crippen molar-refractivity contribution in [2.24, 2.45) is 0 Å². The predicted octanol–water partition coefficient (Wildman–Crippen LogP) is -1.11. The molecular formula is C10H19KO2SSi. The van der Waals surface area contributed by atoms with E-state index < -0.39 is 0 Å². The van der Waals surface area contributed by atoms with Gasteiger partial charge in [-0.15, -0.1) is 0 Å². The van der Waals surface area contributed by atoms with Crippen LogP contribution in [0.15, 0.2) is 16.8 Å². The molecule has 1 rings (SSSR count). The van der Waals surface area contributed by atoms with Crippen LogP contribution in [0.5, 0.6) is 0 Å². The summed E-state index contributed by atoms with van der Waals surface area (Å²) in [5, 5.41) is 4.34. The molecule has 82 valence electrons. The first kappa shape index (κ1) is 16.5. The van der Waals surface area contributed by atoms with Crippen molar-refractivity contribution in [3.05, 3.63) is 22.4 Å². The van der Waals surface area contributed by atoms with E-state index in [2.05, 4.69) is 16.8 Å². The molecule has 0 aliphatic rings. The van der Waals surface area contributed by atoms with Gasteiger partial charge >= 0.3 is 51.4 Å². The van der Waals surface area contributed by atoms with Crippen LogP contribution in [0.3, 0.4) is 0 Å². The minimum Gasteiger partial charge on any atom is -1.00 e. The molecular weight excluding hydrogens is 251 g/mol. The van der Waals surface area contributed by atoms with Crippen LogP contribution in [0.4, 0.5) is 0 Å². The minimum absolute atomic E-state index is 0. The number of hydrogen-bond donors (Lipinski definition) is 0. The van der Waals surface area contributed by atoms with E-state index in [0.29, 0.717) is 0 Å². The molecule has 0 aliphatic heterocycles.